The average molecular weight is 184 g/mol. The summed E-state index contributed by atoms with van der Waals surface area (Å²) < 4.78 is 0. The molecule has 0 aliphatic carbocycles. The van der Waals surface area contributed by atoms with Crippen molar-refractivity contribution < 1.29 is 5.11 Å². The van der Waals surface area contributed by atoms with E-state index in [1.165, 1.54) is 0 Å². The van der Waals surface area contributed by atoms with Crippen LogP contribution in [0, 0.1) is 6.07 Å². The molecule has 0 atom stereocenters. The van der Waals surface area contributed by atoms with Gasteiger partial charge in [0.1, 0.15) is 0 Å². The average Bonchev–Trinajstić information content (AvgIpc) is 2.30. The van der Waals surface area contributed by atoms with Gasteiger partial charge >= 0.3 is 0 Å². The smallest absolute Gasteiger partial charge is 0.0687 e. The number of benzene rings is 1. The summed E-state index contributed by atoms with van der Waals surface area (Å²) in [5.74, 6) is 0. The maximum Gasteiger partial charge on any atom is 0.0687 e. The van der Waals surface area contributed by atoms with E-state index < -0.39 is 0 Å². The molecule has 1 N–H and O–H groups in total. The van der Waals surface area contributed by atoms with Gasteiger partial charge in [0, 0.05) is 24.0 Å². The van der Waals surface area contributed by atoms with Crippen molar-refractivity contribution in [3.05, 3.63) is 54.4 Å². The highest BCUT2D eigenvalue weighted by Crippen LogP contribution is 2.22. The van der Waals surface area contributed by atoms with Gasteiger partial charge in [-0.15, -0.1) is 0 Å². The summed E-state index contributed by atoms with van der Waals surface area (Å²) in [6.45, 7) is 0.0467. The normalized spacial score (nSPS) is 10.1. The first kappa shape index (κ1) is 8.91. The molecule has 0 amide bonds. The minimum Gasteiger partial charge on any atom is -0.392 e. The Hall–Kier alpha value is -1.67. The molecule has 1 aromatic heterocycles. The largest absolute Gasteiger partial charge is 0.392 e. The molecule has 2 aromatic rings. The van der Waals surface area contributed by atoms with Crippen LogP contribution < -0.4 is 0 Å². The van der Waals surface area contributed by atoms with Crippen molar-refractivity contribution in [2.45, 2.75) is 6.61 Å². The van der Waals surface area contributed by atoms with Gasteiger partial charge in [-0.3, -0.25) is 4.98 Å². The Balaban J connectivity index is 2.51. The van der Waals surface area contributed by atoms with Crippen LogP contribution in [-0.2, 0) is 6.61 Å². The Labute approximate surface area is 82.9 Å². The van der Waals surface area contributed by atoms with E-state index in [1.807, 2.05) is 30.3 Å². The number of hydrogen-bond donors (Lipinski definition) is 1. The van der Waals surface area contributed by atoms with Crippen molar-refractivity contribution in [1.29, 1.82) is 0 Å². The Morgan fingerprint density at radius 2 is 2.14 bits per heavy atom. The first-order chi connectivity index (χ1) is 6.92. The first-order valence-electron chi connectivity index (χ1n) is 4.42. The van der Waals surface area contributed by atoms with Gasteiger partial charge in [-0.05, 0) is 17.2 Å². The molecule has 0 aliphatic rings. The van der Waals surface area contributed by atoms with Gasteiger partial charge in [-0.25, -0.2) is 0 Å². The van der Waals surface area contributed by atoms with Crippen LogP contribution in [0.2, 0.25) is 0 Å². The van der Waals surface area contributed by atoms with Gasteiger partial charge < -0.3 is 5.11 Å². The SMILES string of the molecule is OCc1ccccc1-c1c[c]cnc1. The maximum absolute atomic E-state index is 9.15. The second-order valence-corrected chi connectivity index (χ2v) is 2.99. The van der Waals surface area contributed by atoms with Crippen molar-refractivity contribution in [3.63, 3.8) is 0 Å². The number of nitrogens with zero attached hydrogens (tertiary/aromatic N) is 1. The van der Waals surface area contributed by atoms with E-state index in [0.29, 0.717) is 0 Å². The van der Waals surface area contributed by atoms with Crippen LogP contribution in [0.3, 0.4) is 0 Å². The maximum atomic E-state index is 9.15. The number of aliphatic hydroxyl groups excluding tert-OH is 1. The lowest BCUT2D eigenvalue weighted by Gasteiger charge is -2.05. The van der Waals surface area contributed by atoms with Crippen LogP contribution in [0.15, 0.2) is 42.7 Å². The molecular weight excluding hydrogens is 174 g/mol. The lowest BCUT2D eigenvalue weighted by atomic mass is 10.0. The standard InChI is InChI=1S/C12H10NO/c14-9-11-4-1-2-6-12(11)10-5-3-7-13-8-10/h1-2,4-8,14H,9H2. The van der Waals surface area contributed by atoms with Crippen molar-refractivity contribution in [3.8, 4) is 11.1 Å². The fourth-order valence-electron chi connectivity index (χ4n) is 1.41. The van der Waals surface area contributed by atoms with Crippen LogP contribution in [0.4, 0.5) is 0 Å². The topological polar surface area (TPSA) is 33.1 Å². The zero-order valence-electron chi connectivity index (χ0n) is 7.64. The molecule has 0 spiro atoms. The van der Waals surface area contributed by atoms with E-state index in [0.717, 1.165) is 16.7 Å². The number of hydrogen-bond acceptors (Lipinski definition) is 2. The number of pyridine rings is 1. The van der Waals surface area contributed by atoms with Crippen molar-refractivity contribution in [2.24, 2.45) is 0 Å². The highest BCUT2D eigenvalue weighted by atomic mass is 16.3. The van der Waals surface area contributed by atoms with E-state index in [2.05, 4.69) is 11.1 Å². The van der Waals surface area contributed by atoms with Crippen LogP contribution in [0.5, 0.6) is 0 Å². The monoisotopic (exact) mass is 184 g/mol. The van der Waals surface area contributed by atoms with E-state index in [1.54, 1.807) is 12.4 Å². The molecule has 2 heteroatoms. The molecular formula is C12H10NO. The third-order valence-electron chi connectivity index (χ3n) is 2.10. The van der Waals surface area contributed by atoms with Crippen molar-refractivity contribution in [2.75, 3.05) is 0 Å². The Morgan fingerprint density at radius 3 is 2.86 bits per heavy atom. The van der Waals surface area contributed by atoms with Gasteiger partial charge in [-0.2, -0.15) is 0 Å². The second kappa shape index (κ2) is 4.03. The summed E-state index contributed by atoms with van der Waals surface area (Å²) in [7, 11) is 0. The number of aliphatic hydroxyl groups is 1. The third kappa shape index (κ3) is 1.65. The van der Waals surface area contributed by atoms with Gasteiger partial charge in [0.15, 0.2) is 0 Å². The molecule has 69 valence electrons. The van der Waals surface area contributed by atoms with E-state index in [9.17, 15) is 0 Å². The summed E-state index contributed by atoms with van der Waals surface area (Å²) in [6.07, 6.45) is 3.38. The molecule has 0 unspecified atom stereocenters. The molecule has 0 saturated carbocycles. The highest BCUT2D eigenvalue weighted by molar-refractivity contribution is 5.65. The molecule has 1 heterocycles. The fraction of sp³-hybridized carbons (Fsp3) is 0.0833. The van der Waals surface area contributed by atoms with Gasteiger partial charge in [-0.1, -0.05) is 24.3 Å². The van der Waals surface area contributed by atoms with Crippen LogP contribution >= 0.6 is 0 Å². The Bertz CT molecular complexity index is 412. The quantitative estimate of drug-likeness (QED) is 0.774. The van der Waals surface area contributed by atoms with Crippen molar-refractivity contribution in [1.82, 2.24) is 4.98 Å². The predicted molar refractivity (Wildman–Crippen MR) is 54.4 cm³/mol. The fourth-order valence-corrected chi connectivity index (χ4v) is 1.41. The minimum absolute atomic E-state index is 0.0467. The molecule has 1 radical (unpaired) electrons. The van der Waals surface area contributed by atoms with Crippen molar-refractivity contribution >= 4 is 0 Å². The Morgan fingerprint density at radius 1 is 1.29 bits per heavy atom. The van der Waals surface area contributed by atoms with Crippen LogP contribution in [-0.4, -0.2) is 10.1 Å². The molecule has 0 fully saturated rings. The summed E-state index contributed by atoms with van der Waals surface area (Å²) >= 11 is 0. The molecule has 0 saturated heterocycles. The first-order valence-corrected chi connectivity index (χ1v) is 4.42. The highest BCUT2D eigenvalue weighted by Gasteiger charge is 2.02. The van der Waals surface area contributed by atoms with E-state index in [4.69, 9.17) is 5.11 Å². The number of aromatic nitrogens is 1. The molecule has 0 aliphatic heterocycles. The molecule has 0 bridgehead atoms. The van der Waals surface area contributed by atoms with Crippen LogP contribution in [0.25, 0.3) is 11.1 Å². The predicted octanol–water partition coefficient (Wildman–Crippen LogP) is 2.04. The summed E-state index contributed by atoms with van der Waals surface area (Å²) in [5, 5.41) is 9.15. The van der Waals surface area contributed by atoms with Gasteiger partial charge in [0.25, 0.3) is 0 Å². The van der Waals surface area contributed by atoms with Gasteiger partial charge in [0.2, 0.25) is 0 Å². The second-order valence-electron chi connectivity index (χ2n) is 2.99. The van der Waals surface area contributed by atoms with E-state index >= 15 is 0 Å². The molecule has 2 rings (SSSR count). The minimum atomic E-state index is 0.0467. The molecule has 14 heavy (non-hydrogen) atoms. The van der Waals surface area contributed by atoms with Gasteiger partial charge in [0.05, 0.1) is 6.61 Å². The summed E-state index contributed by atoms with van der Waals surface area (Å²) in [5.41, 5.74) is 2.91. The summed E-state index contributed by atoms with van der Waals surface area (Å²) in [4.78, 5) is 4.00. The van der Waals surface area contributed by atoms with Crippen LogP contribution in [0.1, 0.15) is 5.56 Å². The lowest BCUT2D eigenvalue weighted by Crippen LogP contribution is -1.88. The zero-order chi connectivity index (χ0) is 9.80. The number of rotatable bonds is 2. The van der Waals surface area contributed by atoms with E-state index in [-0.39, 0.29) is 6.61 Å². The zero-order valence-corrected chi connectivity index (χ0v) is 7.64. The molecule has 1 aromatic carbocycles. The molecule has 2 nitrogen and oxygen atoms in total. The lowest BCUT2D eigenvalue weighted by molar-refractivity contribution is 0.282. The Kier molecular flexibility index (Phi) is 2.56. The third-order valence-corrected chi connectivity index (χ3v) is 2.10. The summed E-state index contributed by atoms with van der Waals surface area (Å²) in [6, 6.07) is 12.5.